The Balaban J connectivity index is 1.81. The minimum absolute atomic E-state index is 0.00287. The number of pyridine rings is 1. The lowest BCUT2D eigenvalue weighted by atomic mass is 10.0. The van der Waals surface area contributed by atoms with E-state index < -0.39 is 40.2 Å². The number of nitriles is 1. The molecular formula is C24H15ClF3N7O3S. The first-order chi connectivity index (χ1) is 18.4. The molecule has 0 fully saturated rings. The minimum Gasteiger partial charge on any atom is -0.355 e. The number of amides is 2. The molecule has 39 heavy (non-hydrogen) atoms. The highest BCUT2D eigenvalue weighted by molar-refractivity contribution is 7.12. The van der Waals surface area contributed by atoms with Crippen LogP contribution in [0.3, 0.4) is 0 Å². The van der Waals surface area contributed by atoms with Gasteiger partial charge >= 0.3 is 6.18 Å². The molecule has 2 amide bonds. The molecule has 0 atom stereocenters. The summed E-state index contributed by atoms with van der Waals surface area (Å²) in [5.41, 5.74) is -1.24. The molecule has 10 nitrogen and oxygen atoms in total. The number of hydrogen-bond acceptors (Lipinski definition) is 8. The van der Waals surface area contributed by atoms with Gasteiger partial charge in [0.2, 0.25) is 5.78 Å². The number of ketones is 1. The van der Waals surface area contributed by atoms with E-state index in [-0.39, 0.29) is 33.3 Å². The predicted molar refractivity (Wildman–Crippen MR) is 134 cm³/mol. The number of rotatable bonds is 6. The molecule has 3 aromatic heterocycles. The van der Waals surface area contributed by atoms with Gasteiger partial charge in [-0.15, -0.1) is 11.3 Å². The second kappa shape index (κ2) is 10.6. The van der Waals surface area contributed by atoms with Crippen LogP contribution in [0.25, 0.3) is 5.82 Å². The third kappa shape index (κ3) is 5.49. The zero-order chi connectivity index (χ0) is 28.5. The summed E-state index contributed by atoms with van der Waals surface area (Å²) in [4.78, 5) is 46.4. The number of anilines is 1. The van der Waals surface area contributed by atoms with Crippen LogP contribution in [0.15, 0.2) is 41.9 Å². The molecule has 0 bridgehead atoms. The van der Waals surface area contributed by atoms with E-state index in [1.54, 1.807) is 6.92 Å². The summed E-state index contributed by atoms with van der Waals surface area (Å²) < 4.78 is 40.0. The molecule has 0 aliphatic heterocycles. The van der Waals surface area contributed by atoms with Gasteiger partial charge in [-0.1, -0.05) is 11.6 Å². The molecule has 0 aliphatic rings. The zero-order valence-corrected chi connectivity index (χ0v) is 21.5. The van der Waals surface area contributed by atoms with Gasteiger partial charge in [-0.2, -0.15) is 23.5 Å². The van der Waals surface area contributed by atoms with Gasteiger partial charge in [-0.25, -0.2) is 14.6 Å². The van der Waals surface area contributed by atoms with Crippen molar-refractivity contribution in [1.82, 2.24) is 25.1 Å². The van der Waals surface area contributed by atoms with Crippen molar-refractivity contribution in [3.05, 3.63) is 85.7 Å². The van der Waals surface area contributed by atoms with E-state index in [0.717, 1.165) is 10.7 Å². The summed E-state index contributed by atoms with van der Waals surface area (Å²) in [7, 11) is 1.38. The van der Waals surface area contributed by atoms with Crippen molar-refractivity contribution in [2.75, 3.05) is 12.4 Å². The highest BCUT2D eigenvalue weighted by Crippen LogP contribution is 2.31. The number of thiazole rings is 1. The maximum Gasteiger partial charge on any atom is 0.434 e. The van der Waals surface area contributed by atoms with Gasteiger partial charge in [0.25, 0.3) is 11.8 Å². The second-order valence-corrected chi connectivity index (χ2v) is 9.13. The van der Waals surface area contributed by atoms with Crippen LogP contribution in [-0.4, -0.2) is 44.4 Å². The molecule has 15 heteroatoms. The van der Waals surface area contributed by atoms with Gasteiger partial charge in [-0.3, -0.25) is 14.4 Å². The highest BCUT2D eigenvalue weighted by Gasteiger charge is 2.35. The maximum absolute atomic E-state index is 13.5. The number of carbonyl (C=O) groups is 3. The van der Waals surface area contributed by atoms with Crippen molar-refractivity contribution >= 4 is 46.2 Å². The molecule has 0 spiro atoms. The topological polar surface area (TPSA) is 143 Å². The number of halogens is 4. The smallest absolute Gasteiger partial charge is 0.355 e. The quantitative estimate of drug-likeness (QED) is 0.325. The van der Waals surface area contributed by atoms with Crippen LogP contribution in [-0.2, 0) is 6.18 Å². The lowest BCUT2D eigenvalue weighted by Crippen LogP contribution is -2.24. The van der Waals surface area contributed by atoms with Crippen molar-refractivity contribution < 1.29 is 27.6 Å². The fourth-order valence-electron chi connectivity index (χ4n) is 3.48. The highest BCUT2D eigenvalue weighted by atomic mass is 35.5. The van der Waals surface area contributed by atoms with Gasteiger partial charge in [0.15, 0.2) is 16.5 Å². The van der Waals surface area contributed by atoms with Crippen molar-refractivity contribution in [3.63, 3.8) is 0 Å². The monoisotopic (exact) mass is 573 g/mol. The Morgan fingerprint density at radius 3 is 2.54 bits per heavy atom. The second-order valence-electron chi connectivity index (χ2n) is 7.86. The van der Waals surface area contributed by atoms with Crippen molar-refractivity contribution in [3.8, 4) is 11.9 Å². The average Bonchev–Trinajstić information content (AvgIpc) is 3.57. The summed E-state index contributed by atoms with van der Waals surface area (Å²) in [5, 5.41) is 18.7. The lowest BCUT2D eigenvalue weighted by Gasteiger charge is -2.14. The standard InChI is InChI=1S/C24H15ClF3N7O3S/c1-11-6-12(9-29)7-13(21(37)30-2)18(11)33-22(38)16-8-15(34-35(16)20-14(25)4-3-5-31-20)19(36)23-32-17(10-39-23)24(26,27)28/h3-8,10H,1-2H3,(H,30,37)(H,33,38). The summed E-state index contributed by atoms with van der Waals surface area (Å²) in [6, 6.07) is 8.72. The SMILES string of the molecule is CNC(=O)c1cc(C#N)cc(C)c1NC(=O)c1cc(C(=O)c2nc(C(F)(F)F)cs2)nn1-c1ncccc1Cl. The zero-order valence-electron chi connectivity index (χ0n) is 19.9. The fraction of sp³-hybridized carbons (Fsp3) is 0.125. The predicted octanol–water partition coefficient (Wildman–Crippen LogP) is 4.42. The summed E-state index contributed by atoms with van der Waals surface area (Å²) in [6.07, 6.45) is -3.39. The van der Waals surface area contributed by atoms with Gasteiger partial charge < -0.3 is 10.6 Å². The molecule has 2 N–H and O–H groups in total. The van der Waals surface area contributed by atoms with E-state index in [1.807, 2.05) is 6.07 Å². The molecule has 0 saturated carbocycles. The molecule has 3 heterocycles. The lowest BCUT2D eigenvalue weighted by molar-refractivity contribution is -0.140. The number of hydrogen-bond donors (Lipinski definition) is 2. The van der Waals surface area contributed by atoms with Crippen LogP contribution in [0.2, 0.25) is 5.02 Å². The number of carbonyl (C=O) groups excluding carboxylic acids is 3. The molecular weight excluding hydrogens is 559 g/mol. The Hall–Kier alpha value is -4.61. The van der Waals surface area contributed by atoms with Crippen LogP contribution in [0.4, 0.5) is 18.9 Å². The third-order valence-electron chi connectivity index (χ3n) is 5.28. The van der Waals surface area contributed by atoms with Crippen LogP contribution < -0.4 is 10.6 Å². The summed E-state index contributed by atoms with van der Waals surface area (Å²) in [5.74, 6) is -2.43. The first kappa shape index (κ1) is 27.4. The van der Waals surface area contributed by atoms with E-state index in [0.29, 0.717) is 22.3 Å². The van der Waals surface area contributed by atoms with Gasteiger partial charge in [-0.05, 0) is 36.8 Å². The number of aromatic nitrogens is 4. The number of nitrogens with zero attached hydrogens (tertiary/aromatic N) is 5. The molecule has 0 aliphatic carbocycles. The first-order valence-electron chi connectivity index (χ1n) is 10.8. The Morgan fingerprint density at radius 1 is 1.18 bits per heavy atom. The molecule has 0 radical (unpaired) electrons. The van der Waals surface area contributed by atoms with Crippen LogP contribution in [0, 0.1) is 18.3 Å². The van der Waals surface area contributed by atoms with Gasteiger partial charge in [0.1, 0.15) is 11.4 Å². The molecule has 0 saturated heterocycles. The van der Waals surface area contributed by atoms with Crippen molar-refractivity contribution in [2.45, 2.75) is 13.1 Å². The maximum atomic E-state index is 13.5. The largest absolute Gasteiger partial charge is 0.434 e. The Bertz CT molecular complexity index is 1670. The molecule has 1 aromatic carbocycles. The average molecular weight is 574 g/mol. The number of nitrogens with one attached hydrogen (secondary N) is 2. The van der Waals surface area contributed by atoms with E-state index >= 15 is 0 Å². The van der Waals surface area contributed by atoms with E-state index in [2.05, 4.69) is 25.7 Å². The van der Waals surface area contributed by atoms with Crippen LogP contribution in [0.1, 0.15) is 53.2 Å². The molecule has 0 unspecified atom stereocenters. The Morgan fingerprint density at radius 2 is 1.92 bits per heavy atom. The first-order valence-corrected chi connectivity index (χ1v) is 12.1. The summed E-state index contributed by atoms with van der Waals surface area (Å²) in [6.45, 7) is 1.57. The van der Waals surface area contributed by atoms with Crippen molar-refractivity contribution in [1.29, 1.82) is 5.26 Å². The van der Waals surface area contributed by atoms with Crippen LogP contribution >= 0.6 is 22.9 Å². The third-order valence-corrected chi connectivity index (χ3v) is 6.41. The number of benzene rings is 1. The van der Waals surface area contributed by atoms with Crippen LogP contribution in [0.5, 0.6) is 0 Å². The molecule has 4 rings (SSSR count). The van der Waals surface area contributed by atoms with Gasteiger partial charge in [0.05, 0.1) is 27.9 Å². The van der Waals surface area contributed by atoms with Gasteiger partial charge in [0, 0.05) is 24.7 Å². The normalized spacial score (nSPS) is 11.1. The Kier molecular flexibility index (Phi) is 7.48. The van der Waals surface area contributed by atoms with E-state index in [9.17, 15) is 32.8 Å². The van der Waals surface area contributed by atoms with E-state index in [4.69, 9.17) is 11.6 Å². The Labute approximate surface area is 227 Å². The fourth-order valence-corrected chi connectivity index (χ4v) is 4.45. The number of aryl methyl sites for hydroxylation is 1. The summed E-state index contributed by atoms with van der Waals surface area (Å²) >= 11 is 6.71. The number of alkyl halides is 3. The minimum atomic E-state index is -4.75. The molecule has 198 valence electrons. The molecule has 4 aromatic rings. The van der Waals surface area contributed by atoms with Crippen molar-refractivity contribution in [2.24, 2.45) is 0 Å². The van der Waals surface area contributed by atoms with E-state index in [1.165, 1.54) is 37.5 Å².